The van der Waals surface area contributed by atoms with Crippen molar-refractivity contribution in [3.05, 3.63) is 0 Å². The van der Waals surface area contributed by atoms with Crippen molar-refractivity contribution in [1.82, 2.24) is 0 Å². The molecular formula is C5H12NO2P. The van der Waals surface area contributed by atoms with Crippen molar-refractivity contribution in [1.29, 1.82) is 0 Å². The van der Waals surface area contributed by atoms with Gasteiger partial charge in [0.25, 0.3) is 0 Å². The number of nitrogens with two attached hydrogens (primary N) is 1. The van der Waals surface area contributed by atoms with Gasteiger partial charge in [-0.2, -0.15) is 0 Å². The zero-order chi connectivity index (χ0) is 7.02. The number of aliphatic hydroxyl groups excluding tert-OH is 1. The van der Waals surface area contributed by atoms with E-state index in [0.29, 0.717) is 0 Å². The van der Waals surface area contributed by atoms with Crippen LogP contribution in [0.3, 0.4) is 0 Å². The molecule has 1 saturated heterocycles. The number of rotatable bonds is 0. The molecule has 0 aromatic carbocycles. The number of aliphatic hydroxyl groups is 1. The highest BCUT2D eigenvalue weighted by Crippen LogP contribution is 2.27. The van der Waals surface area contributed by atoms with E-state index in [1.165, 1.54) is 0 Å². The standard InChI is InChI=1S/C5H12NO2P/c1-2-3(6)4(7)8-5(2)9/h2-5,7H,6,9H2,1H3/t2-,3+,4+,5+/m1/s1. The van der Waals surface area contributed by atoms with Crippen molar-refractivity contribution in [2.24, 2.45) is 11.7 Å². The molecule has 1 aliphatic rings. The summed E-state index contributed by atoms with van der Waals surface area (Å²) in [5.74, 6) is 0.236. The molecule has 0 aromatic heterocycles. The first-order valence-corrected chi connectivity index (χ1v) is 3.64. The van der Waals surface area contributed by atoms with Gasteiger partial charge in [-0.05, 0) is 0 Å². The Morgan fingerprint density at radius 3 is 2.33 bits per heavy atom. The highest BCUT2D eigenvalue weighted by Gasteiger charge is 2.35. The molecule has 1 fully saturated rings. The van der Waals surface area contributed by atoms with Gasteiger partial charge >= 0.3 is 0 Å². The Bertz CT molecular complexity index is 99.1. The lowest BCUT2D eigenvalue weighted by Crippen LogP contribution is -2.34. The van der Waals surface area contributed by atoms with Gasteiger partial charge in [-0.25, -0.2) is 0 Å². The lowest BCUT2D eigenvalue weighted by Gasteiger charge is -2.09. The smallest absolute Gasteiger partial charge is 0.170 e. The zero-order valence-electron chi connectivity index (χ0n) is 5.32. The van der Waals surface area contributed by atoms with Crippen molar-refractivity contribution in [3.63, 3.8) is 0 Å². The van der Waals surface area contributed by atoms with Crippen molar-refractivity contribution in [2.45, 2.75) is 25.1 Å². The summed E-state index contributed by atoms with van der Waals surface area (Å²) in [7, 11) is 2.50. The predicted octanol–water partition coefficient (Wildman–Crippen LogP) is -0.500. The average Bonchev–Trinajstić information content (AvgIpc) is 1.98. The normalized spacial score (nSPS) is 52.0. The fourth-order valence-corrected chi connectivity index (χ4v) is 1.27. The molecule has 5 atom stereocenters. The summed E-state index contributed by atoms with van der Waals surface area (Å²) in [6.07, 6.45) is -0.775. The summed E-state index contributed by atoms with van der Waals surface area (Å²) in [6, 6.07) is -0.229. The third kappa shape index (κ3) is 1.24. The summed E-state index contributed by atoms with van der Waals surface area (Å²) >= 11 is 0. The lowest BCUT2D eigenvalue weighted by molar-refractivity contribution is -0.0751. The Balaban J connectivity index is 2.54. The van der Waals surface area contributed by atoms with E-state index >= 15 is 0 Å². The maximum absolute atomic E-state index is 8.98. The molecular weight excluding hydrogens is 137 g/mol. The van der Waals surface area contributed by atoms with E-state index in [-0.39, 0.29) is 17.8 Å². The van der Waals surface area contributed by atoms with Crippen molar-refractivity contribution in [2.75, 3.05) is 0 Å². The van der Waals surface area contributed by atoms with Crippen LogP contribution in [0, 0.1) is 5.92 Å². The van der Waals surface area contributed by atoms with E-state index in [4.69, 9.17) is 15.6 Å². The Morgan fingerprint density at radius 1 is 1.67 bits per heavy atom. The number of hydrogen-bond donors (Lipinski definition) is 2. The quantitative estimate of drug-likeness (QED) is 0.456. The third-order valence-electron chi connectivity index (χ3n) is 1.75. The Morgan fingerprint density at radius 2 is 2.22 bits per heavy atom. The summed E-state index contributed by atoms with van der Waals surface area (Å²) in [6.45, 7) is 1.96. The molecule has 1 heterocycles. The van der Waals surface area contributed by atoms with Crippen molar-refractivity contribution in [3.8, 4) is 0 Å². The second-order valence-corrected chi connectivity index (χ2v) is 3.08. The van der Waals surface area contributed by atoms with Crippen molar-refractivity contribution >= 4 is 9.24 Å². The summed E-state index contributed by atoms with van der Waals surface area (Å²) < 4.78 is 4.98. The molecule has 54 valence electrons. The van der Waals surface area contributed by atoms with E-state index in [1.807, 2.05) is 6.92 Å². The van der Waals surface area contributed by atoms with Gasteiger partial charge in [-0.1, -0.05) is 6.92 Å². The number of ether oxygens (including phenoxy) is 1. The predicted molar refractivity (Wildman–Crippen MR) is 37.7 cm³/mol. The van der Waals surface area contributed by atoms with Crippen LogP contribution in [-0.4, -0.2) is 23.3 Å². The van der Waals surface area contributed by atoms with Crippen LogP contribution < -0.4 is 5.73 Å². The molecule has 1 aliphatic heterocycles. The first-order valence-electron chi connectivity index (χ1n) is 2.97. The molecule has 0 aliphatic carbocycles. The van der Waals surface area contributed by atoms with Crippen LogP contribution in [0.1, 0.15) is 6.92 Å². The molecule has 3 nitrogen and oxygen atoms in total. The SMILES string of the molecule is C[C@@H]1[C@H](N)[C@@H](O)O[C@H]1P. The van der Waals surface area contributed by atoms with Gasteiger partial charge in [0.2, 0.25) is 0 Å². The summed E-state index contributed by atoms with van der Waals surface area (Å²) in [5, 5.41) is 8.98. The number of hydrogen-bond acceptors (Lipinski definition) is 3. The fourth-order valence-electron chi connectivity index (χ4n) is 0.854. The van der Waals surface area contributed by atoms with Crippen LogP contribution in [0.4, 0.5) is 0 Å². The molecule has 0 aromatic rings. The molecule has 1 unspecified atom stereocenters. The second-order valence-electron chi connectivity index (χ2n) is 2.43. The van der Waals surface area contributed by atoms with Crippen LogP contribution in [0.25, 0.3) is 0 Å². The molecule has 0 saturated carbocycles. The van der Waals surface area contributed by atoms with Gasteiger partial charge in [0.15, 0.2) is 6.29 Å². The fraction of sp³-hybridized carbons (Fsp3) is 1.00. The third-order valence-corrected chi connectivity index (χ3v) is 2.52. The van der Waals surface area contributed by atoms with Gasteiger partial charge in [0.05, 0.1) is 11.9 Å². The zero-order valence-corrected chi connectivity index (χ0v) is 6.47. The highest BCUT2D eigenvalue weighted by atomic mass is 31.0. The monoisotopic (exact) mass is 149 g/mol. The molecule has 9 heavy (non-hydrogen) atoms. The largest absolute Gasteiger partial charge is 0.367 e. The van der Waals surface area contributed by atoms with Gasteiger partial charge < -0.3 is 15.6 Å². The van der Waals surface area contributed by atoms with Gasteiger partial charge in [-0.3, -0.25) is 0 Å². The molecule has 0 radical (unpaired) electrons. The molecule has 1 rings (SSSR count). The van der Waals surface area contributed by atoms with E-state index in [2.05, 4.69) is 9.24 Å². The Hall–Kier alpha value is 0.310. The maximum atomic E-state index is 8.98. The first-order chi connectivity index (χ1) is 4.13. The van der Waals surface area contributed by atoms with Crippen molar-refractivity contribution < 1.29 is 9.84 Å². The van der Waals surface area contributed by atoms with Crippen LogP contribution in [0.5, 0.6) is 0 Å². The molecule has 0 spiro atoms. The minimum absolute atomic E-state index is 0.00926. The highest BCUT2D eigenvalue weighted by molar-refractivity contribution is 7.17. The minimum atomic E-state index is -0.775. The molecule has 0 bridgehead atoms. The average molecular weight is 149 g/mol. The van der Waals surface area contributed by atoms with Crippen LogP contribution in [-0.2, 0) is 4.74 Å². The van der Waals surface area contributed by atoms with Crippen LogP contribution in [0.15, 0.2) is 0 Å². The van der Waals surface area contributed by atoms with Gasteiger partial charge in [-0.15, -0.1) is 9.24 Å². The van der Waals surface area contributed by atoms with Gasteiger partial charge in [0.1, 0.15) is 0 Å². The maximum Gasteiger partial charge on any atom is 0.170 e. The van der Waals surface area contributed by atoms with E-state index in [1.54, 1.807) is 0 Å². The summed E-state index contributed by atoms with van der Waals surface area (Å²) in [4.78, 5) is 0. The molecule has 0 amide bonds. The Labute approximate surface area is 56.8 Å². The van der Waals surface area contributed by atoms with E-state index < -0.39 is 6.29 Å². The minimum Gasteiger partial charge on any atom is -0.367 e. The molecule has 4 heteroatoms. The van der Waals surface area contributed by atoms with Gasteiger partial charge in [0, 0.05) is 5.92 Å². The second kappa shape index (κ2) is 2.51. The van der Waals surface area contributed by atoms with Crippen LogP contribution >= 0.6 is 9.24 Å². The first kappa shape index (κ1) is 7.42. The topological polar surface area (TPSA) is 55.5 Å². The Kier molecular flexibility index (Phi) is 2.07. The summed E-state index contributed by atoms with van der Waals surface area (Å²) in [5.41, 5.74) is 5.52. The molecule has 3 N–H and O–H groups in total. The van der Waals surface area contributed by atoms with Crippen LogP contribution in [0.2, 0.25) is 0 Å². The van der Waals surface area contributed by atoms with E-state index in [9.17, 15) is 0 Å². The lowest BCUT2D eigenvalue weighted by atomic mass is 10.1. The van der Waals surface area contributed by atoms with E-state index in [0.717, 1.165) is 0 Å².